The van der Waals surface area contributed by atoms with Gasteiger partial charge >= 0.3 is 0 Å². The van der Waals surface area contributed by atoms with Crippen LogP contribution in [0.25, 0.3) is 10.6 Å². The van der Waals surface area contributed by atoms with Crippen LogP contribution in [0.1, 0.15) is 40.7 Å². The molecule has 0 atom stereocenters. The van der Waals surface area contributed by atoms with E-state index in [1.165, 1.54) is 16.9 Å². The van der Waals surface area contributed by atoms with E-state index in [0.29, 0.717) is 21.9 Å². The van der Waals surface area contributed by atoms with Crippen molar-refractivity contribution in [2.45, 2.75) is 33.1 Å². The molecular formula is C23H23N3O2S. The molecule has 0 unspecified atom stereocenters. The minimum atomic E-state index is -0.193. The zero-order valence-electron chi connectivity index (χ0n) is 16.5. The molecule has 0 spiro atoms. The maximum atomic E-state index is 12.8. The standard InChI is InChI=1S/C23H23N3O2S/c1-3-15-7-9-17(10-8-15)23-24-14(2)20(29-23)22(28)26-19-6-4-5-18(13-19)25-21(27)16-11-12-16/h4-10,13,16H,3,11-12H2,1-2H3,(H,25,27)(H,26,28). The van der Waals surface area contributed by atoms with Crippen molar-refractivity contribution in [1.82, 2.24) is 4.98 Å². The van der Waals surface area contributed by atoms with E-state index in [1.54, 1.807) is 6.07 Å². The van der Waals surface area contributed by atoms with Gasteiger partial charge in [-0.15, -0.1) is 11.3 Å². The van der Waals surface area contributed by atoms with Gasteiger partial charge in [0.1, 0.15) is 9.88 Å². The van der Waals surface area contributed by atoms with Gasteiger partial charge in [-0.25, -0.2) is 4.98 Å². The van der Waals surface area contributed by atoms with Crippen LogP contribution in [-0.2, 0) is 11.2 Å². The quantitative estimate of drug-likeness (QED) is 0.586. The molecule has 0 radical (unpaired) electrons. The third kappa shape index (κ3) is 4.54. The molecule has 0 aliphatic heterocycles. The van der Waals surface area contributed by atoms with Gasteiger partial charge in [0.15, 0.2) is 0 Å². The molecule has 2 N–H and O–H groups in total. The first-order valence-corrected chi connectivity index (χ1v) is 10.6. The van der Waals surface area contributed by atoms with Crippen molar-refractivity contribution in [2.24, 2.45) is 5.92 Å². The predicted octanol–water partition coefficient (Wildman–Crippen LogP) is 5.28. The summed E-state index contributed by atoms with van der Waals surface area (Å²) in [6.07, 6.45) is 2.90. The Balaban J connectivity index is 1.48. The van der Waals surface area contributed by atoms with Crippen molar-refractivity contribution < 1.29 is 9.59 Å². The number of carbonyl (C=O) groups excluding carboxylic acids is 2. The summed E-state index contributed by atoms with van der Waals surface area (Å²) in [7, 11) is 0. The molecule has 4 rings (SSSR count). The maximum Gasteiger partial charge on any atom is 0.267 e. The van der Waals surface area contributed by atoms with Crippen molar-refractivity contribution >= 4 is 34.5 Å². The van der Waals surface area contributed by atoms with Gasteiger partial charge in [-0.3, -0.25) is 9.59 Å². The van der Waals surface area contributed by atoms with E-state index in [0.717, 1.165) is 29.8 Å². The third-order valence-corrected chi connectivity index (χ3v) is 6.15. The van der Waals surface area contributed by atoms with Gasteiger partial charge in [0.05, 0.1) is 5.69 Å². The first-order chi connectivity index (χ1) is 14.0. The van der Waals surface area contributed by atoms with Crippen molar-refractivity contribution in [3.63, 3.8) is 0 Å². The molecule has 1 heterocycles. The Kier molecular flexibility index (Phi) is 5.45. The highest BCUT2D eigenvalue weighted by Crippen LogP contribution is 2.31. The number of hydrogen-bond acceptors (Lipinski definition) is 4. The molecule has 2 amide bonds. The number of nitrogens with zero attached hydrogens (tertiary/aromatic N) is 1. The summed E-state index contributed by atoms with van der Waals surface area (Å²) < 4.78 is 0. The molecule has 148 valence electrons. The second-order valence-electron chi connectivity index (χ2n) is 7.28. The van der Waals surface area contributed by atoms with Gasteiger partial charge < -0.3 is 10.6 Å². The monoisotopic (exact) mass is 405 g/mol. The fraction of sp³-hybridized carbons (Fsp3) is 0.261. The molecule has 1 aliphatic rings. The van der Waals surface area contributed by atoms with Crippen molar-refractivity contribution in [3.8, 4) is 10.6 Å². The molecule has 1 fully saturated rings. The zero-order valence-corrected chi connectivity index (χ0v) is 17.3. The van der Waals surface area contributed by atoms with Gasteiger partial charge in [0.25, 0.3) is 5.91 Å². The fourth-order valence-corrected chi connectivity index (χ4v) is 4.03. The number of amides is 2. The predicted molar refractivity (Wildman–Crippen MR) is 117 cm³/mol. The van der Waals surface area contributed by atoms with Gasteiger partial charge in [-0.2, -0.15) is 0 Å². The van der Waals surface area contributed by atoms with Gasteiger partial charge in [-0.1, -0.05) is 37.3 Å². The summed E-state index contributed by atoms with van der Waals surface area (Å²) in [5.41, 5.74) is 4.33. The molecule has 6 heteroatoms. The number of benzene rings is 2. The Hall–Kier alpha value is -2.99. The zero-order chi connectivity index (χ0) is 20.4. The molecule has 29 heavy (non-hydrogen) atoms. The van der Waals surface area contributed by atoms with Crippen molar-refractivity contribution in [1.29, 1.82) is 0 Å². The Labute approximate surface area is 174 Å². The minimum absolute atomic E-state index is 0.0468. The number of anilines is 2. The van der Waals surface area contributed by atoms with Crippen molar-refractivity contribution in [2.75, 3.05) is 10.6 Å². The largest absolute Gasteiger partial charge is 0.326 e. The number of carbonyl (C=O) groups is 2. The Morgan fingerprint density at radius 1 is 1.07 bits per heavy atom. The van der Waals surface area contributed by atoms with Crippen LogP contribution in [0.3, 0.4) is 0 Å². The normalized spacial score (nSPS) is 13.2. The second kappa shape index (κ2) is 8.17. The van der Waals surface area contributed by atoms with Crippen molar-refractivity contribution in [3.05, 3.63) is 64.7 Å². The molecule has 0 saturated heterocycles. The van der Waals surface area contributed by atoms with Crippen LogP contribution in [-0.4, -0.2) is 16.8 Å². The lowest BCUT2D eigenvalue weighted by Gasteiger charge is -2.08. The van der Waals surface area contributed by atoms with Crippen LogP contribution in [0.2, 0.25) is 0 Å². The highest BCUT2D eigenvalue weighted by molar-refractivity contribution is 7.17. The molecule has 1 aromatic heterocycles. The number of aromatic nitrogens is 1. The molecule has 1 saturated carbocycles. The molecular weight excluding hydrogens is 382 g/mol. The van der Waals surface area contributed by atoms with E-state index in [4.69, 9.17) is 0 Å². The lowest BCUT2D eigenvalue weighted by atomic mass is 10.1. The summed E-state index contributed by atoms with van der Waals surface area (Å²) in [6.45, 7) is 3.97. The summed E-state index contributed by atoms with van der Waals surface area (Å²) in [5.74, 6) is -0.00879. The lowest BCUT2D eigenvalue weighted by Crippen LogP contribution is -2.14. The summed E-state index contributed by atoms with van der Waals surface area (Å²) >= 11 is 1.39. The second-order valence-corrected chi connectivity index (χ2v) is 8.28. The van der Waals surface area contributed by atoms with Crippen LogP contribution in [0.5, 0.6) is 0 Å². The van der Waals surface area contributed by atoms with E-state index < -0.39 is 0 Å². The average Bonchev–Trinajstić information content (AvgIpc) is 3.50. The number of aryl methyl sites for hydroxylation is 2. The molecule has 5 nitrogen and oxygen atoms in total. The lowest BCUT2D eigenvalue weighted by molar-refractivity contribution is -0.117. The van der Waals surface area contributed by atoms with Crippen LogP contribution >= 0.6 is 11.3 Å². The van der Waals surface area contributed by atoms with Crippen LogP contribution in [0.15, 0.2) is 48.5 Å². The van der Waals surface area contributed by atoms with E-state index >= 15 is 0 Å². The van der Waals surface area contributed by atoms with E-state index in [-0.39, 0.29) is 17.7 Å². The summed E-state index contributed by atoms with van der Waals surface area (Å²) in [5, 5.41) is 6.66. The number of rotatable bonds is 6. The first-order valence-electron chi connectivity index (χ1n) is 9.82. The van der Waals surface area contributed by atoms with E-state index in [9.17, 15) is 9.59 Å². The Morgan fingerprint density at radius 2 is 1.76 bits per heavy atom. The summed E-state index contributed by atoms with van der Waals surface area (Å²) in [4.78, 5) is 29.9. The first kappa shape index (κ1) is 19.3. The number of nitrogens with one attached hydrogen (secondary N) is 2. The molecule has 1 aliphatic carbocycles. The molecule has 3 aromatic rings. The van der Waals surface area contributed by atoms with Crippen LogP contribution in [0, 0.1) is 12.8 Å². The maximum absolute atomic E-state index is 12.8. The summed E-state index contributed by atoms with van der Waals surface area (Å²) in [6, 6.07) is 15.5. The highest BCUT2D eigenvalue weighted by Gasteiger charge is 2.29. The number of thiazole rings is 1. The molecule has 0 bridgehead atoms. The van der Waals surface area contributed by atoms with E-state index in [2.05, 4.69) is 34.7 Å². The fourth-order valence-electron chi connectivity index (χ4n) is 3.07. The smallest absolute Gasteiger partial charge is 0.267 e. The molecule has 2 aromatic carbocycles. The SMILES string of the molecule is CCc1ccc(-c2nc(C)c(C(=O)Nc3cccc(NC(=O)C4CC4)c3)s2)cc1. The van der Waals surface area contributed by atoms with Gasteiger partial charge in [-0.05, 0) is 49.9 Å². The minimum Gasteiger partial charge on any atom is -0.326 e. The van der Waals surface area contributed by atoms with Crippen LogP contribution < -0.4 is 10.6 Å². The Bertz CT molecular complexity index is 1050. The topological polar surface area (TPSA) is 71.1 Å². The van der Waals surface area contributed by atoms with E-state index in [1.807, 2.05) is 37.3 Å². The van der Waals surface area contributed by atoms with Crippen LogP contribution in [0.4, 0.5) is 11.4 Å². The Morgan fingerprint density at radius 3 is 2.41 bits per heavy atom. The highest BCUT2D eigenvalue weighted by atomic mass is 32.1. The van der Waals surface area contributed by atoms with Gasteiger partial charge in [0, 0.05) is 22.9 Å². The average molecular weight is 406 g/mol. The third-order valence-electron chi connectivity index (χ3n) is 4.95. The number of hydrogen-bond donors (Lipinski definition) is 2. The van der Waals surface area contributed by atoms with Gasteiger partial charge in [0.2, 0.25) is 5.91 Å².